The molecule has 0 radical (unpaired) electrons. The molecule has 5 heteroatoms. The van der Waals surface area contributed by atoms with E-state index in [-0.39, 0.29) is 12.0 Å². The number of hydrogen-bond donors (Lipinski definition) is 2. The molecular weight excluding hydrogens is 206 g/mol. The lowest BCUT2D eigenvalue weighted by molar-refractivity contribution is 0.0944. The van der Waals surface area contributed by atoms with E-state index in [1.54, 1.807) is 24.9 Å². The van der Waals surface area contributed by atoms with Crippen LogP contribution in [-0.2, 0) is 13.5 Å². The lowest BCUT2D eigenvalue weighted by Crippen LogP contribution is -2.27. The highest BCUT2D eigenvalue weighted by atomic mass is 16.3. The SMILES string of the molecule is CCc1nn(C)cc1C(=O)NCCC(C)O. The predicted molar refractivity (Wildman–Crippen MR) is 61.2 cm³/mol. The first-order valence-corrected chi connectivity index (χ1v) is 5.53. The molecule has 0 aliphatic heterocycles. The average molecular weight is 225 g/mol. The molecule has 0 spiro atoms. The topological polar surface area (TPSA) is 67.2 Å². The zero-order valence-corrected chi connectivity index (χ0v) is 10.0. The number of nitrogens with zero attached hydrogens (tertiary/aromatic N) is 2. The second kappa shape index (κ2) is 5.65. The van der Waals surface area contributed by atoms with E-state index < -0.39 is 0 Å². The largest absolute Gasteiger partial charge is 0.393 e. The molecular formula is C11H19N3O2. The van der Waals surface area contributed by atoms with Crippen LogP contribution in [0.4, 0.5) is 0 Å². The summed E-state index contributed by atoms with van der Waals surface area (Å²) in [6, 6.07) is 0. The third-order valence-corrected chi connectivity index (χ3v) is 2.33. The van der Waals surface area contributed by atoms with Gasteiger partial charge in [-0.25, -0.2) is 0 Å². The molecule has 1 amide bonds. The Labute approximate surface area is 95.5 Å². The van der Waals surface area contributed by atoms with E-state index in [0.29, 0.717) is 18.5 Å². The van der Waals surface area contributed by atoms with Gasteiger partial charge in [0.05, 0.1) is 17.4 Å². The minimum atomic E-state index is -0.389. The summed E-state index contributed by atoms with van der Waals surface area (Å²) >= 11 is 0. The van der Waals surface area contributed by atoms with E-state index in [1.807, 2.05) is 6.92 Å². The second-order valence-electron chi connectivity index (χ2n) is 3.91. The third-order valence-electron chi connectivity index (χ3n) is 2.33. The molecule has 0 bridgehead atoms. The monoisotopic (exact) mass is 225 g/mol. The molecule has 16 heavy (non-hydrogen) atoms. The molecule has 1 atom stereocenters. The predicted octanol–water partition coefficient (Wildman–Crippen LogP) is 0.483. The Bertz CT molecular complexity index is 358. The number of aromatic nitrogens is 2. The number of aliphatic hydroxyl groups is 1. The van der Waals surface area contributed by atoms with Crippen LogP contribution in [-0.4, -0.2) is 33.4 Å². The number of rotatable bonds is 5. The van der Waals surface area contributed by atoms with E-state index in [1.165, 1.54) is 0 Å². The van der Waals surface area contributed by atoms with Gasteiger partial charge in [0.15, 0.2) is 0 Å². The van der Waals surface area contributed by atoms with E-state index in [4.69, 9.17) is 5.11 Å². The van der Waals surface area contributed by atoms with Gasteiger partial charge in [0.1, 0.15) is 0 Å². The Morgan fingerprint density at radius 3 is 2.94 bits per heavy atom. The van der Waals surface area contributed by atoms with Crippen LogP contribution in [0.15, 0.2) is 6.20 Å². The van der Waals surface area contributed by atoms with Gasteiger partial charge in [0.25, 0.3) is 5.91 Å². The van der Waals surface area contributed by atoms with Gasteiger partial charge in [-0.1, -0.05) is 6.92 Å². The van der Waals surface area contributed by atoms with Gasteiger partial charge in [-0.05, 0) is 19.8 Å². The quantitative estimate of drug-likeness (QED) is 0.766. The number of aliphatic hydroxyl groups excluding tert-OH is 1. The summed E-state index contributed by atoms with van der Waals surface area (Å²) in [5, 5.41) is 16.0. The van der Waals surface area contributed by atoms with E-state index >= 15 is 0 Å². The van der Waals surface area contributed by atoms with Crippen molar-refractivity contribution in [1.29, 1.82) is 0 Å². The molecule has 0 aliphatic carbocycles. The van der Waals surface area contributed by atoms with Gasteiger partial charge in [-0.15, -0.1) is 0 Å². The molecule has 1 heterocycles. The normalized spacial score (nSPS) is 12.5. The first-order chi connectivity index (χ1) is 7.54. The number of aryl methyl sites for hydroxylation is 2. The fourth-order valence-electron chi connectivity index (χ4n) is 1.48. The molecule has 1 rings (SSSR count). The van der Waals surface area contributed by atoms with Crippen molar-refractivity contribution >= 4 is 5.91 Å². The van der Waals surface area contributed by atoms with Gasteiger partial charge in [-0.2, -0.15) is 5.10 Å². The molecule has 1 unspecified atom stereocenters. The first-order valence-electron chi connectivity index (χ1n) is 5.53. The standard InChI is InChI=1S/C11H19N3O2/c1-4-10-9(7-14(3)13-10)11(16)12-6-5-8(2)15/h7-8,15H,4-6H2,1-3H3,(H,12,16). The van der Waals surface area contributed by atoms with Crippen LogP contribution in [0.1, 0.15) is 36.3 Å². The maximum Gasteiger partial charge on any atom is 0.254 e. The van der Waals surface area contributed by atoms with E-state index in [2.05, 4.69) is 10.4 Å². The third kappa shape index (κ3) is 3.34. The van der Waals surface area contributed by atoms with Crippen LogP contribution in [0.3, 0.4) is 0 Å². The Balaban J connectivity index is 2.58. The highest BCUT2D eigenvalue weighted by Gasteiger charge is 2.13. The van der Waals surface area contributed by atoms with Crippen LogP contribution in [0.2, 0.25) is 0 Å². The van der Waals surface area contributed by atoms with Crippen molar-refractivity contribution in [2.75, 3.05) is 6.54 Å². The molecule has 90 valence electrons. The van der Waals surface area contributed by atoms with Gasteiger partial charge < -0.3 is 10.4 Å². The molecule has 1 aromatic rings. The minimum absolute atomic E-state index is 0.120. The van der Waals surface area contributed by atoms with Crippen molar-refractivity contribution in [1.82, 2.24) is 15.1 Å². The highest BCUT2D eigenvalue weighted by Crippen LogP contribution is 2.06. The second-order valence-corrected chi connectivity index (χ2v) is 3.91. The van der Waals surface area contributed by atoms with Crippen LogP contribution < -0.4 is 5.32 Å². The van der Waals surface area contributed by atoms with Gasteiger partial charge in [-0.3, -0.25) is 9.48 Å². The highest BCUT2D eigenvalue weighted by molar-refractivity contribution is 5.95. The molecule has 0 saturated carbocycles. The zero-order valence-electron chi connectivity index (χ0n) is 10.0. The average Bonchev–Trinajstić information content (AvgIpc) is 2.59. The number of amides is 1. The van der Waals surface area contributed by atoms with Gasteiger partial charge >= 0.3 is 0 Å². The van der Waals surface area contributed by atoms with Crippen molar-refractivity contribution < 1.29 is 9.90 Å². The van der Waals surface area contributed by atoms with Crippen molar-refractivity contribution in [3.05, 3.63) is 17.5 Å². The summed E-state index contributed by atoms with van der Waals surface area (Å²) in [7, 11) is 1.80. The fourth-order valence-corrected chi connectivity index (χ4v) is 1.48. The zero-order chi connectivity index (χ0) is 12.1. The maximum atomic E-state index is 11.8. The van der Waals surface area contributed by atoms with Crippen molar-refractivity contribution in [3.63, 3.8) is 0 Å². The van der Waals surface area contributed by atoms with Crippen LogP contribution in [0, 0.1) is 0 Å². The number of hydrogen-bond acceptors (Lipinski definition) is 3. The van der Waals surface area contributed by atoms with E-state index in [9.17, 15) is 4.79 Å². The van der Waals surface area contributed by atoms with Crippen molar-refractivity contribution in [2.45, 2.75) is 32.8 Å². The Morgan fingerprint density at radius 2 is 2.38 bits per heavy atom. The molecule has 1 aromatic heterocycles. The lowest BCUT2D eigenvalue weighted by atomic mass is 10.2. The lowest BCUT2D eigenvalue weighted by Gasteiger charge is -2.06. The molecule has 0 aliphatic rings. The molecule has 0 aromatic carbocycles. The first kappa shape index (κ1) is 12.7. The number of nitrogens with one attached hydrogen (secondary N) is 1. The summed E-state index contributed by atoms with van der Waals surface area (Å²) in [6.45, 7) is 4.15. The van der Waals surface area contributed by atoms with Crippen molar-refractivity contribution in [3.8, 4) is 0 Å². The Hall–Kier alpha value is -1.36. The van der Waals surface area contributed by atoms with Crippen LogP contribution >= 0.6 is 0 Å². The summed E-state index contributed by atoms with van der Waals surface area (Å²) in [6.07, 6.45) is 2.63. The van der Waals surface area contributed by atoms with Crippen LogP contribution in [0.5, 0.6) is 0 Å². The fraction of sp³-hybridized carbons (Fsp3) is 0.636. The summed E-state index contributed by atoms with van der Waals surface area (Å²) in [5.74, 6) is -0.120. The smallest absolute Gasteiger partial charge is 0.254 e. The molecule has 0 fully saturated rings. The van der Waals surface area contributed by atoms with Crippen molar-refractivity contribution in [2.24, 2.45) is 7.05 Å². The minimum Gasteiger partial charge on any atom is -0.393 e. The summed E-state index contributed by atoms with van der Waals surface area (Å²) in [4.78, 5) is 11.8. The summed E-state index contributed by atoms with van der Waals surface area (Å²) < 4.78 is 1.64. The maximum absolute atomic E-state index is 11.8. The molecule has 5 nitrogen and oxygen atoms in total. The summed E-state index contributed by atoms with van der Waals surface area (Å²) in [5.41, 5.74) is 1.42. The molecule has 0 saturated heterocycles. The Morgan fingerprint density at radius 1 is 1.69 bits per heavy atom. The van der Waals surface area contributed by atoms with Gasteiger partial charge in [0, 0.05) is 19.8 Å². The van der Waals surface area contributed by atoms with E-state index in [0.717, 1.165) is 12.1 Å². The van der Waals surface area contributed by atoms with Crippen LogP contribution in [0.25, 0.3) is 0 Å². The number of carbonyl (C=O) groups excluding carboxylic acids is 1. The number of carbonyl (C=O) groups is 1. The molecule has 2 N–H and O–H groups in total. The van der Waals surface area contributed by atoms with Gasteiger partial charge in [0.2, 0.25) is 0 Å². The Kier molecular flexibility index (Phi) is 4.49.